The lowest BCUT2D eigenvalue weighted by atomic mass is 9.99. The van der Waals surface area contributed by atoms with Crippen LogP contribution in [0.4, 0.5) is 0 Å². The number of nitrogens with one attached hydrogen (secondary N) is 1. The van der Waals surface area contributed by atoms with Crippen molar-refractivity contribution in [2.24, 2.45) is 5.92 Å². The van der Waals surface area contributed by atoms with E-state index in [-0.39, 0.29) is 24.9 Å². The maximum atomic E-state index is 12.7. The average Bonchev–Trinajstić information content (AvgIpc) is 2.50. The maximum absolute atomic E-state index is 12.7. The molecule has 0 heterocycles. The van der Waals surface area contributed by atoms with Gasteiger partial charge in [-0.1, -0.05) is 30.7 Å². The molecule has 2 N–H and O–H groups in total. The van der Waals surface area contributed by atoms with Crippen LogP contribution in [0.1, 0.15) is 26.3 Å². The number of carboxylic acid groups (broad SMARTS) is 1. The van der Waals surface area contributed by atoms with Crippen molar-refractivity contribution in [2.75, 3.05) is 13.1 Å². The summed E-state index contributed by atoms with van der Waals surface area (Å²) < 4.78 is 0. The van der Waals surface area contributed by atoms with Crippen LogP contribution in [0.5, 0.6) is 0 Å². The highest BCUT2D eigenvalue weighted by Crippen LogP contribution is 2.17. The molecule has 0 aliphatic carbocycles. The predicted molar refractivity (Wildman–Crippen MR) is 91.8 cm³/mol. The lowest BCUT2D eigenvalue weighted by molar-refractivity contribution is -0.151. The molecule has 2 atom stereocenters. The molecule has 0 aromatic heterocycles. The Kier molecular flexibility index (Phi) is 7.71. The molecular weight excluding hydrogens is 332 g/mol. The number of carbonyl (C=O) groups excluding carboxylic acids is 2. The van der Waals surface area contributed by atoms with Gasteiger partial charge in [0.05, 0.1) is 0 Å². The zero-order valence-electron chi connectivity index (χ0n) is 14.1. The van der Waals surface area contributed by atoms with E-state index in [4.69, 9.17) is 11.6 Å². The first-order chi connectivity index (χ1) is 11.2. The highest BCUT2D eigenvalue weighted by molar-refractivity contribution is 6.30. The highest BCUT2D eigenvalue weighted by atomic mass is 35.5. The zero-order chi connectivity index (χ0) is 18.3. The molecule has 2 unspecified atom stereocenters. The van der Waals surface area contributed by atoms with Crippen molar-refractivity contribution in [1.82, 2.24) is 10.2 Å². The van der Waals surface area contributed by atoms with Gasteiger partial charge < -0.3 is 15.3 Å². The van der Waals surface area contributed by atoms with Crippen molar-refractivity contribution >= 4 is 29.4 Å². The summed E-state index contributed by atoms with van der Waals surface area (Å²) in [4.78, 5) is 36.2. The number of amides is 2. The average molecular weight is 355 g/mol. The van der Waals surface area contributed by atoms with Gasteiger partial charge in [-0.2, -0.15) is 0 Å². The first kappa shape index (κ1) is 20.0. The first-order valence-electron chi connectivity index (χ1n) is 7.74. The van der Waals surface area contributed by atoms with E-state index in [2.05, 4.69) is 5.32 Å². The minimum atomic E-state index is -1.08. The molecule has 24 heavy (non-hydrogen) atoms. The zero-order valence-corrected chi connectivity index (χ0v) is 14.8. The minimum Gasteiger partial charge on any atom is -0.480 e. The summed E-state index contributed by atoms with van der Waals surface area (Å²) in [6, 6.07) is 6.26. The van der Waals surface area contributed by atoms with Crippen LogP contribution in [0.15, 0.2) is 24.3 Å². The van der Waals surface area contributed by atoms with E-state index in [0.717, 1.165) is 5.56 Å². The van der Waals surface area contributed by atoms with E-state index in [9.17, 15) is 19.5 Å². The molecule has 132 valence electrons. The van der Waals surface area contributed by atoms with E-state index in [1.54, 1.807) is 19.1 Å². The Labute approximate surface area is 146 Å². The second-order valence-corrected chi connectivity index (χ2v) is 6.20. The third-order valence-corrected chi connectivity index (χ3v) is 3.92. The summed E-state index contributed by atoms with van der Waals surface area (Å²) >= 11 is 5.95. The van der Waals surface area contributed by atoms with Gasteiger partial charge in [-0.25, -0.2) is 4.79 Å². The fourth-order valence-corrected chi connectivity index (χ4v) is 2.58. The fraction of sp³-hybridized carbons (Fsp3) is 0.471. The number of hydrogen-bond acceptors (Lipinski definition) is 3. The van der Waals surface area contributed by atoms with Crippen LogP contribution in [0.25, 0.3) is 0 Å². The molecule has 0 saturated carbocycles. The number of carbonyl (C=O) groups is 3. The Balaban J connectivity index is 2.80. The van der Waals surface area contributed by atoms with Gasteiger partial charge in [0.15, 0.2) is 0 Å². The van der Waals surface area contributed by atoms with Crippen LogP contribution >= 0.6 is 11.6 Å². The first-order valence-corrected chi connectivity index (χ1v) is 8.12. The molecule has 2 amide bonds. The minimum absolute atomic E-state index is 0.145. The van der Waals surface area contributed by atoms with Gasteiger partial charge in [-0.3, -0.25) is 9.59 Å². The van der Waals surface area contributed by atoms with E-state index in [1.807, 2.05) is 12.1 Å². The highest BCUT2D eigenvalue weighted by Gasteiger charge is 2.28. The van der Waals surface area contributed by atoms with Crippen LogP contribution < -0.4 is 5.32 Å². The van der Waals surface area contributed by atoms with Crippen LogP contribution in [-0.4, -0.2) is 46.9 Å². The van der Waals surface area contributed by atoms with Crippen LogP contribution in [0.2, 0.25) is 5.02 Å². The van der Waals surface area contributed by atoms with Crippen molar-refractivity contribution in [1.29, 1.82) is 0 Å². The number of carboxylic acids is 1. The van der Waals surface area contributed by atoms with Gasteiger partial charge in [0, 0.05) is 31.0 Å². The number of aliphatic carboxylic acids is 1. The molecule has 0 aliphatic rings. The third kappa shape index (κ3) is 6.20. The van der Waals surface area contributed by atoms with E-state index in [1.165, 1.54) is 18.7 Å². The lowest BCUT2D eigenvalue weighted by Gasteiger charge is -2.29. The monoisotopic (exact) mass is 354 g/mol. The topological polar surface area (TPSA) is 86.7 Å². The molecule has 0 radical (unpaired) electrons. The van der Waals surface area contributed by atoms with Gasteiger partial charge in [0.25, 0.3) is 0 Å². The Morgan fingerprint density at radius 3 is 2.50 bits per heavy atom. The third-order valence-electron chi connectivity index (χ3n) is 3.69. The van der Waals surface area contributed by atoms with Crippen LogP contribution in [0.3, 0.4) is 0 Å². The maximum Gasteiger partial charge on any atom is 0.326 e. The smallest absolute Gasteiger partial charge is 0.326 e. The molecule has 0 aliphatic heterocycles. The predicted octanol–water partition coefficient (Wildman–Crippen LogP) is 1.96. The van der Waals surface area contributed by atoms with Crippen molar-refractivity contribution in [2.45, 2.75) is 33.2 Å². The summed E-state index contributed by atoms with van der Waals surface area (Å²) in [6.45, 7) is 4.94. The van der Waals surface area contributed by atoms with Crippen LogP contribution in [-0.2, 0) is 20.8 Å². The summed E-state index contributed by atoms with van der Waals surface area (Å²) in [7, 11) is 0. The molecule has 0 bridgehead atoms. The van der Waals surface area contributed by atoms with Crippen LogP contribution in [0, 0.1) is 5.92 Å². The molecule has 1 rings (SSSR count). The second-order valence-electron chi connectivity index (χ2n) is 5.76. The number of halogens is 1. The van der Waals surface area contributed by atoms with E-state index >= 15 is 0 Å². The van der Waals surface area contributed by atoms with Crippen molar-refractivity contribution in [3.8, 4) is 0 Å². The summed E-state index contributed by atoms with van der Waals surface area (Å²) in [6.07, 6.45) is 0.461. The van der Waals surface area contributed by atoms with Gasteiger partial charge >= 0.3 is 5.97 Å². The van der Waals surface area contributed by atoms with Crippen molar-refractivity contribution in [3.63, 3.8) is 0 Å². The molecule has 0 spiro atoms. The SMILES string of the molecule is CC(=O)NCCN(C(=O)C(C)Cc1cccc(Cl)c1)C(C)C(=O)O. The van der Waals surface area contributed by atoms with E-state index < -0.39 is 17.9 Å². The van der Waals surface area contributed by atoms with E-state index in [0.29, 0.717) is 11.4 Å². The van der Waals surface area contributed by atoms with Gasteiger partial charge in [-0.05, 0) is 31.0 Å². The molecule has 7 heteroatoms. The molecule has 1 aromatic rings. The molecule has 1 aromatic carbocycles. The number of rotatable bonds is 8. The van der Waals surface area contributed by atoms with Gasteiger partial charge in [0.1, 0.15) is 6.04 Å². The largest absolute Gasteiger partial charge is 0.480 e. The molecule has 0 fully saturated rings. The Morgan fingerprint density at radius 2 is 1.96 bits per heavy atom. The van der Waals surface area contributed by atoms with Crippen molar-refractivity contribution in [3.05, 3.63) is 34.9 Å². The Morgan fingerprint density at radius 1 is 1.29 bits per heavy atom. The fourth-order valence-electron chi connectivity index (χ4n) is 2.37. The molecule has 6 nitrogen and oxygen atoms in total. The molecule has 0 saturated heterocycles. The van der Waals surface area contributed by atoms with Gasteiger partial charge in [-0.15, -0.1) is 0 Å². The summed E-state index contributed by atoms with van der Waals surface area (Å²) in [5.41, 5.74) is 0.910. The standard InChI is InChI=1S/C17H23ClN2O4/c1-11(9-14-5-4-6-15(18)10-14)16(22)20(12(2)17(23)24)8-7-19-13(3)21/h4-6,10-12H,7-9H2,1-3H3,(H,19,21)(H,23,24). The van der Waals surface area contributed by atoms with Gasteiger partial charge in [0.2, 0.25) is 11.8 Å². The Bertz CT molecular complexity index is 606. The summed E-state index contributed by atoms with van der Waals surface area (Å²) in [5, 5.41) is 12.4. The quantitative estimate of drug-likeness (QED) is 0.747. The summed E-state index contributed by atoms with van der Waals surface area (Å²) in [5.74, 6) is -1.98. The second kappa shape index (κ2) is 9.27. The Hall–Kier alpha value is -2.08. The lowest BCUT2D eigenvalue weighted by Crippen LogP contribution is -2.48. The number of hydrogen-bond donors (Lipinski definition) is 2. The molecular formula is C17H23ClN2O4. The number of nitrogens with zero attached hydrogens (tertiary/aromatic N) is 1. The van der Waals surface area contributed by atoms with Crippen molar-refractivity contribution < 1.29 is 19.5 Å². The normalized spacial score (nSPS) is 13.0. The number of benzene rings is 1.